The van der Waals surface area contributed by atoms with E-state index in [4.69, 9.17) is 14.9 Å². The lowest BCUT2D eigenvalue weighted by Gasteiger charge is -2.11. The van der Waals surface area contributed by atoms with E-state index >= 15 is 0 Å². The van der Waals surface area contributed by atoms with E-state index in [1.165, 1.54) is 12.3 Å². The van der Waals surface area contributed by atoms with Crippen molar-refractivity contribution in [3.05, 3.63) is 58.6 Å². The normalized spacial score (nSPS) is 10.5. The van der Waals surface area contributed by atoms with Crippen LogP contribution in [0.5, 0.6) is 5.75 Å². The number of nitrogens with two attached hydrogens (primary N) is 1. The zero-order chi connectivity index (χ0) is 18.7. The number of rotatable bonds is 5. The second-order valence-electron chi connectivity index (χ2n) is 5.65. The lowest BCUT2D eigenvalue weighted by Crippen LogP contribution is -2.31. The summed E-state index contributed by atoms with van der Waals surface area (Å²) >= 11 is 0. The Kier molecular flexibility index (Phi) is 4.74. The SMILES string of the molecule is COc1ccc(C)c(NC(=O)Cn2nc(-c3ccco3)cc(N)c2=O)c1. The Morgan fingerprint density at radius 1 is 1.35 bits per heavy atom. The molecular weight excluding hydrogens is 336 g/mol. The fourth-order valence-corrected chi connectivity index (χ4v) is 2.40. The number of hydrogen-bond donors (Lipinski definition) is 2. The Morgan fingerprint density at radius 3 is 2.85 bits per heavy atom. The Labute approximate surface area is 149 Å². The molecule has 8 nitrogen and oxygen atoms in total. The van der Waals surface area contributed by atoms with E-state index in [9.17, 15) is 9.59 Å². The number of carbonyl (C=O) groups is 1. The van der Waals surface area contributed by atoms with Gasteiger partial charge in [-0.15, -0.1) is 0 Å². The zero-order valence-corrected chi connectivity index (χ0v) is 14.4. The van der Waals surface area contributed by atoms with Crippen LogP contribution in [0, 0.1) is 6.92 Å². The zero-order valence-electron chi connectivity index (χ0n) is 14.4. The second-order valence-corrected chi connectivity index (χ2v) is 5.65. The smallest absolute Gasteiger partial charge is 0.290 e. The van der Waals surface area contributed by atoms with E-state index < -0.39 is 11.5 Å². The third-order valence-corrected chi connectivity index (χ3v) is 3.79. The van der Waals surface area contributed by atoms with Gasteiger partial charge in [-0.3, -0.25) is 9.59 Å². The van der Waals surface area contributed by atoms with Gasteiger partial charge in [0.25, 0.3) is 5.56 Å². The van der Waals surface area contributed by atoms with Crippen molar-refractivity contribution in [2.75, 3.05) is 18.2 Å². The van der Waals surface area contributed by atoms with Crippen LogP contribution in [0.25, 0.3) is 11.5 Å². The van der Waals surface area contributed by atoms with Gasteiger partial charge in [-0.25, -0.2) is 4.68 Å². The van der Waals surface area contributed by atoms with Crippen LogP contribution in [0.15, 0.2) is 51.9 Å². The minimum atomic E-state index is -0.544. The van der Waals surface area contributed by atoms with Gasteiger partial charge in [0.2, 0.25) is 5.91 Å². The number of benzene rings is 1. The first-order valence-electron chi connectivity index (χ1n) is 7.84. The van der Waals surface area contributed by atoms with Gasteiger partial charge in [-0.2, -0.15) is 5.10 Å². The van der Waals surface area contributed by atoms with Crippen molar-refractivity contribution in [3.63, 3.8) is 0 Å². The number of nitrogens with zero attached hydrogens (tertiary/aromatic N) is 2. The molecule has 2 aromatic heterocycles. The molecule has 134 valence electrons. The van der Waals surface area contributed by atoms with Gasteiger partial charge < -0.3 is 20.2 Å². The number of ether oxygens (including phenoxy) is 1. The number of aromatic nitrogens is 2. The van der Waals surface area contributed by atoms with Crippen molar-refractivity contribution in [2.24, 2.45) is 0 Å². The van der Waals surface area contributed by atoms with Crippen LogP contribution in [0.1, 0.15) is 5.56 Å². The Bertz CT molecular complexity index is 993. The maximum atomic E-state index is 12.4. The number of amides is 1. The molecule has 3 aromatic rings. The van der Waals surface area contributed by atoms with E-state index in [-0.39, 0.29) is 12.2 Å². The van der Waals surface area contributed by atoms with Gasteiger partial charge in [0, 0.05) is 11.8 Å². The molecule has 0 unspecified atom stereocenters. The number of furan rings is 1. The summed E-state index contributed by atoms with van der Waals surface area (Å²) in [6.07, 6.45) is 1.49. The van der Waals surface area contributed by atoms with Gasteiger partial charge in [0.15, 0.2) is 5.76 Å². The van der Waals surface area contributed by atoms with Gasteiger partial charge in [-0.1, -0.05) is 6.07 Å². The molecule has 0 bridgehead atoms. The van der Waals surface area contributed by atoms with Gasteiger partial charge >= 0.3 is 0 Å². The lowest BCUT2D eigenvalue weighted by atomic mass is 10.2. The van der Waals surface area contributed by atoms with E-state index in [1.807, 2.05) is 13.0 Å². The summed E-state index contributed by atoms with van der Waals surface area (Å²) in [7, 11) is 1.54. The molecule has 0 aliphatic rings. The molecule has 8 heteroatoms. The number of carbonyl (C=O) groups excluding carboxylic acids is 1. The summed E-state index contributed by atoms with van der Waals surface area (Å²) in [5.74, 6) is 0.659. The van der Waals surface area contributed by atoms with Crippen LogP contribution in [0.2, 0.25) is 0 Å². The third kappa shape index (κ3) is 3.59. The first-order valence-corrected chi connectivity index (χ1v) is 7.84. The number of aryl methyl sites for hydroxylation is 1. The van der Waals surface area contributed by atoms with Crippen LogP contribution >= 0.6 is 0 Å². The largest absolute Gasteiger partial charge is 0.497 e. The molecular formula is C18H18N4O4. The summed E-state index contributed by atoms with van der Waals surface area (Å²) < 4.78 is 11.4. The van der Waals surface area contributed by atoms with E-state index in [0.717, 1.165) is 10.2 Å². The minimum absolute atomic E-state index is 0.0169. The molecule has 2 heterocycles. The Morgan fingerprint density at radius 2 is 2.15 bits per heavy atom. The summed E-state index contributed by atoms with van der Waals surface area (Å²) in [5, 5.41) is 6.91. The van der Waals surface area contributed by atoms with E-state index in [1.54, 1.807) is 31.4 Å². The van der Waals surface area contributed by atoms with Crippen molar-refractivity contribution < 1.29 is 13.9 Å². The minimum Gasteiger partial charge on any atom is -0.497 e. The van der Waals surface area contributed by atoms with Crippen molar-refractivity contribution in [1.82, 2.24) is 9.78 Å². The fourth-order valence-electron chi connectivity index (χ4n) is 2.40. The van der Waals surface area contributed by atoms with Crippen LogP contribution < -0.4 is 21.3 Å². The molecule has 3 N–H and O–H groups in total. The van der Waals surface area contributed by atoms with Crippen LogP contribution in [0.4, 0.5) is 11.4 Å². The third-order valence-electron chi connectivity index (χ3n) is 3.79. The molecule has 1 amide bonds. The topological polar surface area (TPSA) is 112 Å². The van der Waals surface area contributed by atoms with Crippen LogP contribution in [-0.4, -0.2) is 22.8 Å². The van der Waals surface area contributed by atoms with Crippen LogP contribution in [0.3, 0.4) is 0 Å². The highest BCUT2D eigenvalue weighted by molar-refractivity contribution is 5.91. The summed E-state index contributed by atoms with van der Waals surface area (Å²) in [6.45, 7) is 1.57. The lowest BCUT2D eigenvalue weighted by molar-refractivity contribution is -0.117. The molecule has 1 aromatic carbocycles. The molecule has 0 aliphatic carbocycles. The Hall–Kier alpha value is -3.55. The number of methoxy groups -OCH3 is 1. The number of hydrogen-bond acceptors (Lipinski definition) is 6. The average molecular weight is 354 g/mol. The molecule has 0 atom stereocenters. The summed E-state index contributed by atoms with van der Waals surface area (Å²) in [5.41, 5.74) is 7.03. The summed E-state index contributed by atoms with van der Waals surface area (Å²) in [4.78, 5) is 24.6. The molecule has 0 radical (unpaired) electrons. The molecule has 0 spiro atoms. The molecule has 0 aliphatic heterocycles. The molecule has 0 saturated carbocycles. The fraction of sp³-hybridized carbons (Fsp3) is 0.167. The Balaban J connectivity index is 1.84. The first-order chi connectivity index (χ1) is 12.5. The standard InChI is InChI=1S/C18H18N4O4/c1-11-5-6-12(25-2)8-14(11)20-17(23)10-22-18(24)13(19)9-15(21-22)16-4-3-7-26-16/h3-9H,10,19H2,1-2H3,(H,20,23). The molecule has 0 saturated heterocycles. The predicted molar refractivity (Wildman–Crippen MR) is 97.0 cm³/mol. The second kappa shape index (κ2) is 7.14. The van der Waals surface area contributed by atoms with Gasteiger partial charge in [0.1, 0.15) is 23.7 Å². The van der Waals surface area contributed by atoms with Crippen molar-refractivity contribution >= 4 is 17.3 Å². The highest BCUT2D eigenvalue weighted by Crippen LogP contribution is 2.22. The molecule has 3 rings (SSSR count). The van der Waals surface area contributed by atoms with E-state index in [0.29, 0.717) is 22.9 Å². The van der Waals surface area contributed by atoms with Gasteiger partial charge in [-0.05, 0) is 36.8 Å². The van der Waals surface area contributed by atoms with Crippen molar-refractivity contribution in [3.8, 4) is 17.2 Å². The summed E-state index contributed by atoms with van der Waals surface area (Å²) in [6, 6.07) is 10.1. The highest BCUT2D eigenvalue weighted by atomic mass is 16.5. The average Bonchev–Trinajstić information content (AvgIpc) is 3.15. The van der Waals surface area contributed by atoms with Crippen molar-refractivity contribution in [2.45, 2.75) is 13.5 Å². The van der Waals surface area contributed by atoms with E-state index in [2.05, 4.69) is 10.4 Å². The molecule has 0 fully saturated rings. The molecule has 26 heavy (non-hydrogen) atoms. The first kappa shape index (κ1) is 17.3. The number of nitrogens with one attached hydrogen (secondary N) is 1. The maximum Gasteiger partial charge on any atom is 0.290 e. The maximum absolute atomic E-state index is 12.4. The van der Waals surface area contributed by atoms with Crippen LogP contribution in [-0.2, 0) is 11.3 Å². The highest BCUT2D eigenvalue weighted by Gasteiger charge is 2.13. The quantitative estimate of drug-likeness (QED) is 0.725. The number of nitrogen functional groups attached to an aromatic ring is 1. The van der Waals surface area contributed by atoms with Crippen molar-refractivity contribution in [1.29, 1.82) is 0 Å². The van der Waals surface area contributed by atoms with Gasteiger partial charge in [0.05, 0.1) is 13.4 Å². The predicted octanol–water partition coefficient (Wildman–Crippen LogP) is 2.04. The monoisotopic (exact) mass is 354 g/mol. The number of anilines is 2.